The number of sulfonamides is 1. The van der Waals surface area contributed by atoms with Gasteiger partial charge in [0.05, 0.1) is 4.90 Å². The van der Waals surface area contributed by atoms with E-state index in [1.165, 1.54) is 37.1 Å². The lowest BCUT2D eigenvalue weighted by Gasteiger charge is -2.16. The van der Waals surface area contributed by atoms with Crippen LogP contribution < -0.4 is 4.72 Å². The minimum absolute atomic E-state index is 0.000553. The molecule has 1 atom stereocenters. The fourth-order valence-electron chi connectivity index (χ4n) is 2.57. The summed E-state index contributed by atoms with van der Waals surface area (Å²) in [6.07, 6.45) is 3.36. The average molecular weight is 282 g/mol. The van der Waals surface area contributed by atoms with E-state index in [0.717, 1.165) is 19.5 Å². The topological polar surface area (TPSA) is 69.6 Å². The molecule has 2 fully saturated rings. The third kappa shape index (κ3) is 2.91. The standard InChI is InChI=1S/C13H18N2O3S/c16-12-3-5-13(6-4-12)19(17,18)14-10-7-8-15(9-10)11-1-2-11/h3-6,10-11,14,16H,1-2,7-9H2. The van der Waals surface area contributed by atoms with Gasteiger partial charge in [-0.25, -0.2) is 13.1 Å². The Kier molecular flexibility index (Phi) is 3.24. The highest BCUT2D eigenvalue weighted by atomic mass is 32.2. The lowest BCUT2D eigenvalue weighted by molar-refractivity contribution is 0.322. The number of phenols is 1. The van der Waals surface area contributed by atoms with Gasteiger partial charge in [0, 0.05) is 25.2 Å². The monoisotopic (exact) mass is 282 g/mol. The molecule has 0 amide bonds. The molecule has 1 aromatic carbocycles. The van der Waals surface area contributed by atoms with Crippen molar-refractivity contribution in [3.05, 3.63) is 24.3 Å². The van der Waals surface area contributed by atoms with Crippen molar-refractivity contribution in [2.45, 2.75) is 36.2 Å². The molecule has 0 spiro atoms. The highest BCUT2D eigenvalue weighted by molar-refractivity contribution is 7.89. The summed E-state index contributed by atoms with van der Waals surface area (Å²) in [5, 5.41) is 9.19. The Hall–Kier alpha value is -1.11. The van der Waals surface area contributed by atoms with E-state index in [1.807, 2.05) is 0 Å². The third-order valence-electron chi connectivity index (χ3n) is 3.75. The molecule has 2 N–H and O–H groups in total. The fraction of sp³-hybridized carbons (Fsp3) is 0.538. The number of nitrogens with zero attached hydrogens (tertiary/aromatic N) is 1. The van der Waals surface area contributed by atoms with E-state index < -0.39 is 10.0 Å². The first-order chi connectivity index (χ1) is 9.04. The number of benzene rings is 1. The van der Waals surface area contributed by atoms with Crippen molar-refractivity contribution in [3.63, 3.8) is 0 Å². The zero-order chi connectivity index (χ0) is 13.5. The van der Waals surface area contributed by atoms with E-state index in [2.05, 4.69) is 9.62 Å². The van der Waals surface area contributed by atoms with Gasteiger partial charge in [0.25, 0.3) is 0 Å². The summed E-state index contributed by atoms with van der Waals surface area (Å²) in [5.41, 5.74) is 0. The van der Waals surface area contributed by atoms with Crippen LogP contribution in [0.15, 0.2) is 29.2 Å². The van der Waals surface area contributed by atoms with Gasteiger partial charge in [-0.05, 0) is 43.5 Å². The number of hydrogen-bond donors (Lipinski definition) is 2. The van der Waals surface area contributed by atoms with Gasteiger partial charge in [0.2, 0.25) is 10.0 Å². The van der Waals surface area contributed by atoms with E-state index in [9.17, 15) is 13.5 Å². The molecule has 5 nitrogen and oxygen atoms in total. The minimum atomic E-state index is -3.48. The molecule has 1 aliphatic heterocycles. The number of phenolic OH excluding ortho intramolecular Hbond substituents is 1. The highest BCUT2D eigenvalue weighted by Crippen LogP contribution is 2.30. The van der Waals surface area contributed by atoms with Crippen molar-refractivity contribution in [1.82, 2.24) is 9.62 Å². The van der Waals surface area contributed by atoms with E-state index in [0.29, 0.717) is 6.04 Å². The largest absolute Gasteiger partial charge is 0.508 e. The molecular formula is C13H18N2O3S. The molecular weight excluding hydrogens is 264 g/mol. The number of likely N-dealkylation sites (tertiary alicyclic amines) is 1. The van der Waals surface area contributed by atoms with Crippen molar-refractivity contribution in [3.8, 4) is 5.75 Å². The van der Waals surface area contributed by atoms with Crippen LogP contribution in [-0.2, 0) is 10.0 Å². The molecule has 1 aromatic rings. The SMILES string of the molecule is O=S(=O)(NC1CCN(C2CC2)C1)c1ccc(O)cc1. The molecule has 2 aliphatic rings. The van der Waals surface area contributed by atoms with Crippen LogP contribution >= 0.6 is 0 Å². The van der Waals surface area contributed by atoms with E-state index >= 15 is 0 Å². The van der Waals surface area contributed by atoms with Crippen molar-refractivity contribution in [2.75, 3.05) is 13.1 Å². The van der Waals surface area contributed by atoms with Gasteiger partial charge in [0.15, 0.2) is 0 Å². The number of rotatable bonds is 4. The first-order valence-electron chi connectivity index (χ1n) is 6.60. The maximum Gasteiger partial charge on any atom is 0.240 e. The van der Waals surface area contributed by atoms with Gasteiger partial charge in [-0.3, -0.25) is 4.90 Å². The first kappa shape index (κ1) is 12.9. The normalized spacial score (nSPS) is 24.7. The van der Waals surface area contributed by atoms with E-state index in [-0.39, 0.29) is 16.7 Å². The molecule has 0 bridgehead atoms. The third-order valence-corrected chi connectivity index (χ3v) is 5.29. The summed E-state index contributed by atoms with van der Waals surface area (Å²) < 4.78 is 27.1. The summed E-state index contributed by atoms with van der Waals surface area (Å²) in [7, 11) is -3.48. The second kappa shape index (κ2) is 4.77. The molecule has 1 unspecified atom stereocenters. The molecule has 1 saturated heterocycles. The average Bonchev–Trinajstić information content (AvgIpc) is 3.11. The van der Waals surface area contributed by atoms with Crippen molar-refractivity contribution < 1.29 is 13.5 Å². The minimum Gasteiger partial charge on any atom is -0.508 e. The summed E-state index contributed by atoms with van der Waals surface area (Å²) in [5.74, 6) is 0.0692. The summed E-state index contributed by atoms with van der Waals surface area (Å²) in [6.45, 7) is 1.79. The van der Waals surface area contributed by atoms with E-state index in [1.54, 1.807) is 0 Å². The quantitative estimate of drug-likeness (QED) is 0.861. The first-order valence-corrected chi connectivity index (χ1v) is 8.08. The zero-order valence-corrected chi connectivity index (χ0v) is 11.4. The van der Waals surface area contributed by atoms with Crippen LogP contribution in [0.4, 0.5) is 0 Å². The van der Waals surface area contributed by atoms with Crippen LogP contribution in [0.1, 0.15) is 19.3 Å². The van der Waals surface area contributed by atoms with Crippen LogP contribution in [0.2, 0.25) is 0 Å². The lowest BCUT2D eigenvalue weighted by Crippen LogP contribution is -2.37. The Morgan fingerprint density at radius 3 is 2.47 bits per heavy atom. The van der Waals surface area contributed by atoms with Crippen LogP contribution in [-0.4, -0.2) is 43.6 Å². The molecule has 104 valence electrons. The molecule has 1 aliphatic carbocycles. The maximum atomic E-state index is 12.2. The van der Waals surface area contributed by atoms with Crippen LogP contribution in [0.5, 0.6) is 5.75 Å². The number of aromatic hydroxyl groups is 1. The van der Waals surface area contributed by atoms with Gasteiger partial charge in [0.1, 0.15) is 5.75 Å². The Morgan fingerprint density at radius 2 is 1.84 bits per heavy atom. The predicted molar refractivity (Wildman–Crippen MR) is 71.4 cm³/mol. The van der Waals surface area contributed by atoms with E-state index in [4.69, 9.17) is 0 Å². The lowest BCUT2D eigenvalue weighted by atomic mass is 10.3. The molecule has 1 saturated carbocycles. The second-order valence-corrected chi connectivity index (χ2v) is 7.04. The summed E-state index contributed by atoms with van der Waals surface area (Å²) >= 11 is 0. The Morgan fingerprint density at radius 1 is 1.16 bits per heavy atom. The fourth-order valence-corrected chi connectivity index (χ4v) is 3.83. The smallest absolute Gasteiger partial charge is 0.240 e. The van der Waals surface area contributed by atoms with Gasteiger partial charge in [-0.2, -0.15) is 0 Å². The molecule has 3 rings (SSSR count). The van der Waals surface area contributed by atoms with Crippen LogP contribution in [0, 0.1) is 0 Å². The molecule has 6 heteroatoms. The molecule has 19 heavy (non-hydrogen) atoms. The molecule has 0 radical (unpaired) electrons. The van der Waals surface area contributed by atoms with Gasteiger partial charge >= 0.3 is 0 Å². The number of hydrogen-bond acceptors (Lipinski definition) is 4. The highest BCUT2D eigenvalue weighted by Gasteiger charge is 2.35. The molecule has 0 aromatic heterocycles. The maximum absolute atomic E-state index is 12.2. The Bertz CT molecular complexity index is 552. The van der Waals surface area contributed by atoms with Crippen molar-refractivity contribution in [1.29, 1.82) is 0 Å². The van der Waals surface area contributed by atoms with Crippen LogP contribution in [0.3, 0.4) is 0 Å². The summed E-state index contributed by atoms with van der Waals surface area (Å²) in [4.78, 5) is 2.57. The van der Waals surface area contributed by atoms with Crippen LogP contribution in [0.25, 0.3) is 0 Å². The van der Waals surface area contributed by atoms with Gasteiger partial charge < -0.3 is 5.11 Å². The second-order valence-electron chi connectivity index (χ2n) is 5.33. The van der Waals surface area contributed by atoms with Crippen molar-refractivity contribution in [2.24, 2.45) is 0 Å². The number of nitrogens with one attached hydrogen (secondary N) is 1. The predicted octanol–water partition coefficient (Wildman–Crippen LogP) is 0.907. The Labute approximate surface area is 113 Å². The molecule has 1 heterocycles. The van der Waals surface area contributed by atoms with Gasteiger partial charge in [-0.1, -0.05) is 0 Å². The summed E-state index contributed by atoms with van der Waals surface area (Å²) in [6, 6.07) is 6.30. The van der Waals surface area contributed by atoms with Crippen molar-refractivity contribution >= 4 is 10.0 Å². The Balaban J connectivity index is 1.66. The zero-order valence-electron chi connectivity index (χ0n) is 10.6. The van der Waals surface area contributed by atoms with Gasteiger partial charge in [-0.15, -0.1) is 0 Å².